The highest BCUT2D eigenvalue weighted by Crippen LogP contribution is 2.31. The standard InChI is InChI=1S/C19H19NO4/c1-13-6-5-7-14-15(21)10-11-20(19(13)14)18(22)12-24-17-9-4-3-8-16(17)23-2/h3-9H,10-12H2,1-2H3. The van der Waals surface area contributed by atoms with Gasteiger partial charge in [-0.3, -0.25) is 9.59 Å². The molecule has 24 heavy (non-hydrogen) atoms. The van der Waals surface area contributed by atoms with Gasteiger partial charge in [0.25, 0.3) is 5.91 Å². The van der Waals surface area contributed by atoms with Gasteiger partial charge in [0.2, 0.25) is 0 Å². The van der Waals surface area contributed by atoms with Gasteiger partial charge in [-0.2, -0.15) is 0 Å². The Morgan fingerprint density at radius 2 is 1.88 bits per heavy atom. The number of nitrogens with zero attached hydrogens (tertiary/aromatic N) is 1. The molecule has 1 heterocycles. The number of carbonyl (C=O) groups excluding carboxylic acids is 2. The normalized spacial score (nSPS) is 13.4. The van der Waals surface area contributed by atoms with Crippen molar-refractivity contribution in [3.8, 4) is 11.5 Å². The molecule has 0 radical (unpaired) electrons. The van der Waals surface area contributed by atoms with Crippen molar-refractivity contribution >= 4 is 17.4 Å². The van der Waals surface area contributed by atoms with E-state index in [-0.39, 0.29) is 18.3 Å². The number of anilines is 1. The average molecular weight is 325 g/mol. The molecule has 0 bridgehead atoms. The van der Waals surface area contributed by atoms with Gasteiger partial charge in [0.15, 0.2) is 23.9 Å². The number of ketones is 1. The number of aryl methyl sites for hydroxylation is 1. The molecule has 5 heteroatoms. The van der Waals surface area contributed by atoms with E-state index in [9.17, 15) is 9.59 Å². The second kappa shape index (κ2) is 6.74. The summed E-state index contributed by atoms with van der Waals surface area (Å²) in [5.74, 6) is 0.995. The van der Waals surface area contributed by atoms with Crippen molar-refractivity contribution in [1.82, 2.24) is 0 Å². The predicted molar refractivity (Wildman–Crippen MR) is 91.0 cm³/mol. The molecule has 1 amide bonds. The first-order valence-electron chi connectivity index (χ1n) is 7.81. The number of Topliss-reactive ketones (excluding diaryl/α,β-unsaturated/α-hetero) is 1. The summed E-state index contributed by atoms with van der Waals surface area (Å²) in [6, 6.07) is 12.7. The van der Waals surface area contributed by atoms with Gasteiger partial charge in [0.1, 0.15) is 0 Å². The number of para-hydroxylation sites is 3. The summed E-state index contributed by atoms with van der Waals surface area (Å²) in [4.78, 5) is 26.4. The van der Waals surface area contributed by atoms with Gasteiger partial charge >= 0.3 is 0 Å². The van der Waals surface area contributed by atoms with Crippen molar-refractivity contribution < 1.29 is 19.1 Å². The molecule has 124 valence electrons. The van der Waals surface area contributed by atoms with E-state index in [0.717, 1.165) is 5.56 Å². The van der Waals surface area contributed by atoms with Crippen LogP contribution in [-0.2, 0) is 4.79 Å². The van der Waals surface area contributed by atoms with E-state index >= 15 is 0 Å². The summed E-state index contributed by atoms with van der Waals surface area (Å²) in [5.41, 5.74) is 2.21. The maximum absolute atomic E-state index is 12.6. The highest BCUT2D eigenvalue weighted by molar-refractivity contribution is 6.09. The molecule has 3 rings (SSSR count). The van der Waals surface area contributed by atoms with Crippen molar-refractivity contribution in [2.45, 2.75) is 13.3 Å². The summed E-state index contributed by atoms with van der Waals surface area (Å²) in [6.45, 7) is 2.17. The molecule has 0 N–H and O–H groups in total. The van der Waals surface area contributed by atoms with Crippen molar-refractivity contribution in [2.75, 3.05) is 25.2 Å². The van der Waals surface area contributed by atoms with E-state index < -0.39 is 0 Å². The van der Waals surface area contributed by atoms with Crippen LogP contribution in [0.4, 0.5) is 5.69 Å². The largest absolute Gasteiger partial charge is 0.493 e. The topological polar surface area (TPSA) is 55.8 Å². The van der Waals surface area contributed by atoms with Crippen molar-refractivity contribution in [2.24, 2.45) is 0 Å². The Balaban J connectivity index is 1.79. The SMILES string of the molecule is COc1ccccc1OCC(=O)N1CCC(=O)c2cccc(C)c21. The van der Waals surface area contributed by atoms with Crippen LogP contribution >= 0.6 is 0 Å². The number of hydrogen-bond acceptors (Lipinski definition) is 4. The van der Waals surface area contributed by atoms with Crippen molar-refractivity contribution in [3.63, 3.8) is 0 Å². The predicted octanol–water partition coefficient (Wildman–Crippen LogP) is 3.00. The number of fused-ring (bicyclic) bond motifs is 1. The minimum atomic E-state index is -0.177. The van der Waals surface area contributed by atoms with Crippen LogP contribution in [0.25, 0.3) is 0 Å². The van der Waals surface area contributed by atoms with Gasteiger partial charge in [-0.05, 0) is 30.7 Å². The first-order chi connectivity index (χ1) is 11.6. The molecule has 2 aromatic rings. The first-order valence-corrected chi connectivity index (χ1v) is 7.81. The number of hydrogen-bond donors (Lipinski definition) is 0. The Kier molecular flexibility index (Phi) is 4.51. The highest BCUT2D eigenvalue weighted by Gasteiger charge is 2.28. The van der Waals surface area contributed by atoms with Crippen LogP contribution in [0.1, 0.15) is 22.3 Å². The minimum absolute atomic E-state index is 0.0726. The van der Waals surface area contributed by atoms with E-state index in [1.807, 2.05) is 31.2 Å². The maximum atomic E-state index is 12.6. The van der Waals surface area contributed by atoms with Crippen molar-refractivity contribution in [3.05, 3.63) is 53.6 Å². The van der Waals surface area contributed by atoms with Gasteiger partial charge in [-0.15, -0.1) is 0 Å². The average Bonchev–Trinajstić information content (AvgIpc) is 2.61. The maximum Gasteiger partial charge on any atom is 0.264 e. The molecule has 1 aliphatic rings. The molecular formula is C19H19NO4. The van der Waals surface area contributed by atoms with Gasteiger partial charge in [0.05, 0.1) is 12.8 Å². The van der Waals surface area contributed by atoms with Crippen LogP contribution < -0.4 is 14.4 Å². The number of methoxy groups -OCH3 is 1. The zero-order valence-electron chi connectivity index (χ0n) is 13.7. The number of amides is 1. The molecular weight excluding hydrogens is 306 g/mol. The van der Waals surface area contributed by atoms with Crippen LogP contribution in [0.5, 0.6) is 11.5 Å². The molecule has 0 spiro atoms. The number of benzene rings is 2. The summed E-state index contributed by atoms with van der Waals surface area (Å²) < 4.78 is 10.8. The third-order valence-electron chi connectivity index (χ3n) is 4.09. The lowest BCUT2D eigenvalue weighted by atomic mass is 9.97. The van der Waals surface area contributed by atoms with Crippen LogP contribution in [0, 0.1) is 6.92 Å². The van der Waals surface area contributed by atoms with E-state index in [1.165, 1.54) is 0 Å². The summed E-state index contributed by atoms with van der Waals surface area (Å²) in [7, 11) is 1.56. The van der Waals surface area contributed by atoms with E-state index in [0.29, 0.717) is 35.7 Å². The van der Waals surface area contributed by atoms with Crippen LogP contribution in [0.15, 0.2) is 42.5 Å². The molecule has 0 fully saturated rings. The second-order valence-corrected chi connectivity index (χ2v) is 5.63. The molecule has 2 aromatic carbocycles. The zero-order valence-corrected chi connectivity index (χ0v) is 13.7. The number of rotatable bonds is 4. The van der Waals surface area contributed by atoms with E-state index in [2.05, 4.69) is 0 Å². The Morgan fingerprint density at radius 3 is 2.62 bits per heavy atom. The molecule has 0 saturated heterocycles. The minimum Gasteiger partial charge on any atom is -0.493 e. The molecule has 0 unspecified atom stereocenters. The monoisotopic (exact) mass is 325 g/mol. The molecule has 0 aromatic heterocycles. The lowest BCUT2D eigenvalue weighted by Gasteiger charge is -2.30. The molecule has 0 aliphatic carbocycles. The zero-order chi connectivity index (χ0) is 17.1. The van der Waals surface area contributed by atoms with Gasteiger partial charge in [-0.25, -0.2) is 0 Å². The smallest absolute Gasteiger partial charge is 0.264 e. The quantitative estimate of drug-likeness (QED) is 0.867. The fraction of sp³-hybridized carbons (Fsp3) is 0.263. The van der Waals surface area contributed by atoms with Crippen LogP contribution in [0.3, 0.4) is 0 Å². The number of carbonyl (C=O) groups is 2. The molecule has 5 nitrogen and oxygen atoms in total. The fourth-order valence-corrected chi connectivity index (χ4v) is 2.91. The Morgan fingerprint density at radius 1 is 1.12 bits per heavy atom. The van der Waals surface area contributed by atoms with Crippen LogP contribution in [-0.4, -0.2) is 32.0 Å². The first kappa shape index (κ1) is 16.1. The highest BCUT2D eigenvalue weighted by atomic mass is 16.5. The molecule has 1 aliphatic heterocycles. The Hall–Kier alpha value is -2.82. The third-order valence-corrected chi connectivity index (χ3v) is 4.09. The lowest BCUT2D eigenvalue weighted by molar-refractivity contribution is -0.120. The number of ether oxygens (including phenoxy) is 2. The molecule has 0 saturated carbocycles. The van der Waals surface area contributed by atoms with Gasteiger partial charge in [-0.1, -0.05) is 24.3 Å². The summed E-state index contributed by atoms with van der Waals surface area (Å²) >= 11 is 0. The lowest BCUT2D eigenvalue weighted by Crippen LogP contribution is -2.40. The molecule has 0 atom stereocenters. The van der Waals surface area contributed by atoms with Crippen LogP contribution in [0.2, 0.25) is 0 Å². The third kappa shape index (κ3) is 2.97. The van der Waals surface area contributed by atoms with Gasteiger partial charge in [0, 0.05) is 18.5 Å². The van der Waals surface area contributed by atoms with Gasteiger partial charge < -0.3 is 14.4 Å². The van der Waals surface area contributed by atoms with E-state index in [1.54, 1.807) is 30.2 Å². The second-order valence-electron chi connectivity index (χ2n) is 5.63. The van der Waals surface area contributed by atoms with E-state index in [4.69, 9.17) is 9.47 Å². The summed E-state index contributed by atoms with van der Waals surface area (Å²) in [6.07, 6.45) is 0.330. The Labute approximate surface area is 140 Å². The van der Waals surface area contributed by atoms with Crippen molar-refractivity contribution in [1.29, 1.82) is 0 Å². The fourth-order valence-electron chi connectivity index (χ4n) is 2.91. The summed E-state index contributed by atoms with van der Waals surface area (Å²) in [5, 5.41) is 0. The Bertz CT molecular complexity index is 785.